The fourth-order valence-electron chi connectivity index (χ4n) is 3.35. The molecule has 0 saturated carbocycles. The highest BCUT2D eigenvalue weighted by molar-refractivity contribution is 9.10. The Bertz CT molecular complexity index is 1480. The highest BCUT2D eigenvalue weighted by atomic mass is 79.9. The summed E-state index contributed by atoms with van der Waals surface area (Å²) in [5.41, 5.74) is 1.17. The van der Waals surface area contributed by atoms with Gasteiger partial charge in [-0.25, -0.2) is 4.68 Å². The number of fused-ring (bicyclic) bond motifs is 1. The van der Waals surface area contributed by atoms with Gasteiger partial charge in [-0.3, -0.25) is 14.7 Å². The van der Waals surface area contributed by atoms with Crippen LogP contribution in [0.2, 0.25) is 0 Å². The average molecular weight is 479 g/mol. The van der Waals surface area contributed by atoms with Gasteiger partial charge in [0.05, 0.1) is 23.4 Å². The van der Waals surface area contributed by atoms with Gasteiger partial charge in [-0.05, 0) is 46.7 Å². The summed E-state index contributed by atoms with van der Waals surface area (Å²) in [4.78, 5) is 24.5. The van der Waals surface area contributed by atoms with Gasteiger partial charge < -0.3 is 9.47 Å². The predicted molar refractivity (Wildman–Crippen MR) is 124 cm³/mol. The average Bonchev–Trinajstić information content (AvgIpc) is 3.03. The van der Waals surface area contributed by atoms with Crippen LogP contribution in [0, 0.1) is 0 Å². The summed E-state index contributed by atoms with van der Waals surface area (Å²) in [6.45, 7) is 5.31. The van der Waals surface area contributed by atoms with Gasteiger partial charge in [-0.15, -0.1) is 0 Å². The lowest BCUT2D eigenvalue weighted by Gasteiger charge is -2.10. The Morgan fingerprint density at radius 1 is 1.10 bits per heavy atom. The molecule has 1 aromatic heterocycles. The third-order valence-electron chi connectivity index (χ3n) is 4.83. The number of esters is 1. The van der Waals surface area contributed by atoms with E-state index in [0.29, 0.717) is 26.4 Å². The molecule has 6 nitrogen and oxygen atoms in total. The maximum Gasteiger partial charge on any atom is 0.308 e. The number of ether oxygens (including phenoxy) is 2. The van der Waals surface area contributed by atoms with Gasteiger partial charge in [0, 0.05) is 11.4 Å². The largest absolute Gasteiger partial charge is 0.493 e. The molecule has 4 aromatic rings. The third kappa shape index (κ3) is 4.04. The van der Waals surface area contributed by atoms with Gasteiger partial charge in [0.2, 0.25) is 0 Å². The molecular formula is C24H19BrN2O4. The Balaban J connectivity index is 1.84. The molecule has 0 fully saturated rings. The second kappa shape index (κ2) is 8.28. The van der Waals surface area contributed by atoms with Crippen LogP contribution in [-0.2, 0) is 4.79 Å². The zero-order chi connectivity index (χ0) is 22.1. The normalized spacial score (nSPS) is 11.6. The highest BCUT2D eigenvalue weighted by Crippen LogP contribution is 2.34. The number of carbonyl (C=O) groups excluding carboxylic acids is 1. The number of hydrogen-bond acceptors (Lipinski definition) is 4. The number of aromatic nitrogens is 2. The van der Waals surface area contributed by atoms with Crippen molar-refractivity contribution in [2.24, 2.45) is 0 Å². The fourth-order valence-corrected chi connectivity index (χ4v) is 3.79. The fraction of sp³-hybridized carbons (Fsp3) is 0.0833. The first-order valence-corrected chi connectivity index (χ1v) is 10.2. The minimum Gasteiger partial charge on any atom is -0.493 e. The van der Waals surface area contributed by atoms with Crippen LogP contribution in [0.5, 0.6) is 11.5 Å². The molecule has 0 aliphatic rings. The molecule has 0 unspecified atom stereocenters. The number of methoxy groups -OCH3 is 1. The number of H-pyrrole nitrogens is 1. The zero-order valence-electron chi connectivity index (χ0n) is 16.9. The van der Waals surface area contributed by atoms with Crippen molar-refractivity contribution in [1.29, 1.82) is 0 Å². The van der Waals surface area contributed by atoms with E-state index in [0.717, 1.165) is 16.5 Å². The smallest absolute Gasteiger partial charge is 0.308 e. The second-order valence-corrected chi connectivity index (χ2v) is 7.79. The molecule has 4 rings (SSSR count). The molecule has 1 heterocycles. The number of hydrogen-bond donors (Lipinski definition) is 1. The van der Waals surface area contributed by atoms with Crippen LogP contribution in [0.4, 0.5) is 0 Å². The van der Waals surface area contributed by atoms with Crippen LogP contribution in [0.15, 0.2) is 63.9 Å². The van der Waals surface area contributed by atoms with Gasteiger partial charge in [-0.1, -0.05) is 52.8 Å². The summed E-state index contributed by atoms with van der Waals surface area (Å²) >= 11 is 3.47. The van der Waals surface area contributed by atoms with E-state index in [1.165, 1.54) is 18.7 Å². The summed E-state index contributed by atoms with van der Waals surface area (Å²) in [5, 5.41) is 6.07. The SMILES string of the molecule is C=c1[nH]n(-c2ccc3ccccc3c2)c(=O)/c1=C/c1cc(OC)c(OC(C)=O)cc1Br. The lowest BCUT2D eigenvalue weighted by molar-refractivity contribution is -0.132. The molecule has 0 atom stereocenters. The Morgan fingerprint density at radius 2 is 1.84 bits per heavy atom. The van der Waals surface area contributed by atoms with Crippen LogP contribution in [-0.4, -0.2) is 22.9 Å². The maximum absolute atomic E-state index is 13.2. The van der Waals surface area contributed by atoms with Crippen LogP contribution >= 0.6 is 15.9 Å². The quantitative estimate of drug-likeness (QED) is 0.361. The van der Waals surface area contributed by atoms with Crippen molar-refractivity contribution in [2.45, 2.75) is 6.92 Å². The van der Waals surface area contributed by atoms with Crippen molar-refractivity contribution < 1.29 is 14.3 Å². The van der Waals surface area contributed by atoms with Crippen LogP contribution in [0.25, 0.3) is 29.1 Å². The molecule has 3 aromatic carbocycles. The van der Waals surface area contributed by atoms with E-state index in [4.69, 9.17) is 9.47 Å². The van der Waals surface area contributed by atoms with Crippen LogP contribution < -0.4 is 25.6 Å². The summed E-state index contributed by atoms with van der Waals surface area (Å²) in [5.74, 6) is 0.211. The van der Waals surface area contributed by atoms with E-state index >= 15 is 0 Å². The molecule has 0 aliphatic carbocycles. The van der Waals surface area contributed by atoms with E-state index in [2.05, 4.69) is 27.6 Å². The van der Waals surface area contributed by atoms with E-state index in [9.17, 15) is 9.59 Å². The lowest BCUT2D eigenvalue weighted by Crippen LogP contribution is -2.34. The van der Waals surface area contributed by atoms with E-state index < -0.39 is 5.97 Å². The lowest BCUT2D eigenvalue weighted by atomic mass is 10.1. The number of nitrogens with one attached hydrogen (secondary N) is 1. The number of halogens is 1. The molecule has 7 heteroatoms. The first-order chi connectivity index (χ1) is 14.9. The van der Waals surface area contributed by atoms with Crippen LogP contribution in [0.1, 0.15) is 12.5 Å². The molecule has 0 bridgehead atoms. The Morgan fingerprint density at radius 3 is 2.55 bits per heavy atom. The van der Waals surface area contributed by atoms with Crippen molar-refractivity contribution >= 4 is 45.3 Å². The van der Waals surface area contributed by atoms with Gasteiger partial charge in [0.25, 0.3) is 5.56 Å². The standard InChI is InChI=1S/C24H19BrN2O4/c1-14-20(11-18-12-22(30-3)23(13-21(18)25)31-15(2)28)24(29)27(26-14)19-9-8-16-6-4-5-7-17(16)10-19/h4-13,26H,1H2,2-3H3/b20-11+. The first kappa shape index (κ1) is 20.7. The van der Waals surface area contributed by atoms with E-state index in [1.54, 1.807) is 18.2 Å². The molecule has 0 aliphatic heterocycles. The zero-order valence-corrected chi connectivity index (χ0v) is 18.5. The van der Waals surface area contributed by atoms with Crippen LogP contribution in [0.3, 0.4) is 0 Å². The Kier molecular flexibility index (Phi) is 5.52. The number of benzene rings is 3. The van der Waals surface area contributed by atoms with Crippen molar-refractivity contribution in [3.05, 3.63) is 85.6 Å². The molecule has 156 valence electrons. The number of nitrogens with zero attached hydrogens (tertiary/aromatic N) is 1. The minimum atomic E-state index is -0.453. The first-order valence-electron chi connectivity index (χ1n) is 9.44. The van der Waals surface area contributed by atoms with Crippen molar-refractivity contribution in [1.82, 2.24) is 9.78 Å². The summed E-state index contributed by atoms with van der Waals surface area (Å²) in [6.07, 6.45) is 1.71. The third-order valence-corrected chi connectivity index (χ3v) is 5.52. The minimum absolute atomic E-state index is 0.227. The molecule has 0 radical (unpaired) electrons. The molecular weight excluding hydrogens is 460 g/mol. The van der Waals surface area contributed by atoms with Crippen molar-refractivity contribution in [3.8, 4) is 17.2 Å². The molecule has 0 spiro atoms. The van der Waals surface area contributed by atoms with Gasteiger partial charge >= 0.3 is 5.97 Å². The predicted octanol–water partition coefficient (Wildman–Crippen LogP) is 3.25. The summed E-state index contributed by atoms with van der Waals surface area (Å²) < 4.78 is 12.6. The maximum atomic E-state index is 13.2. The molecule has 0 saturated heterocycles. The Labute approximate surface area is 186 Å². The van der Waals surface area contributed by atoms with Gasteiger partial charge in [0.1, 0.15) is 0 Å². The van der Waals surface area contributed by atoms with E-state index in [-0.39, 0.29) is 11.3 Å². The number of rotatable bonds is 4. The molecule has 31 heavy (non-hydrogen) atoms. The Hall–Kier alpha value is -3.58. The molecule has 1 N–H and O–H groups in total. The van der Waals surface area contributed by atoms with Crippen molar-refractivity contribution in [2.75, 3.05) is 7.11 Å². The monoisotopic (exact) mass is 478 g/mol. The van der Waals surface area contributed by atoms with Gasteiger partial charge in [-0.2, -0.15) is 0 Å². The van der Waals surface area contributed by atoms with Crippen molar-refractivity contribution in [3.63, 3.8) is 0 Å². The van der Waals surface area contributed by atoms with E-state index in [1.807, 2.05) is 42.5 Å². The topological polar surface area (TPSA) is 73.3 Å². The number of carbonyl (C=O) groups is 1. The summed E-state index contributed by atoms with van der Waals surface area (Å²) in [6, 6.07) is 17.1. The summed E-state index contributed by atoms with van der Waals surface area (Å²) in [7, 11) is 1.48. The highest BCUT2D eigenvalue weighted by Gasteiger charge is 2.12. The van der Waals surface area contributed by atoms with Gasteiger partial charge in [0.15, 0.2) is 11.5 Å². The second-order valence-electron chi connectivity index (χ2n) is 6.94. The number of aromatic amines is 1. The molecule has 0 amide bonds.